The molecule has 1 aromatic rings. The van der Waals surface area contributed by atoms with Gasteiger partial charge in [-0.2, -0.15) is 0 Å². The number of aromatic nitrogens is 1. The molecule has 0 saturated heterocycles. The number of nitrogens with zero attached hydrogens (tertiary/aromatic N) is 1. The maximum atomic E-state index is 10.9. The van der Waals surface area contributed by atoms with Crippen LogP contribution in [0.15, 0.2) is 12.3 Å². The van der Waals surface area contributed by atoms with Crippen molar-refractivity contribution in [1.29, 1.82) is 0 Å². The number of amides is 1. The van der Waals surface area contributed by atoms with Crippen LogP contribution in [-0.4, -0.2) is 11.1 Å². The Kier molecular flexibility index (Phi) is 2.11. The minimum atomic E-state index is -0.425. The molecule has 1 amide bonds. The fraction of sp³-hybridized carbons (Fsp3) is 0.400. The van der Waals surface area contributed by atoms with E-state index in [4.69, 9.17) is 4.74 Å². The maximum absolute atomic E-state index is 10.9. The lowest BCUT2D eigenvalue weighted by Gasteiger charge is -2.20. The van der Waals surface area contributed by atoms with E-state index >= 15 is 0 Å². The Morgan fingerprint density at radius 3 is 3.07 bits per heavy atom. The third-order valence-electron chi connectivity index (χ3n) is 2.28. The Hall–Kier alpha value is -1.58. The molecule has 0 bridgehead atoms. The van der Waals surface area contributed by atoms with E-state index < -0.39 is 6.09 Å². The number of rotatable bonds is 1. The predicted octanol–water partition coefficient (Wildman–Crippen LogP) is 2.27. The number of fused-ring (bicyclic) bond motifs is 1. The van der Waals surface area contributed by atoms with Crippen molar-refractivity contribution in [3.05, 3.63) is 23.4 Å². The summed E-state index contributed by atoms with van der Waals surface area (Å²) in [6, 6.07) is 1.96. The first-order valence-corrected chi connectivity index (χ1v) is 4.60. The molecular formula is C10H12N2O2. The lowest BCUT2D eigenvalue weighted by atomic mass is 9.98. The van der Waals surface area contributed by atoms with Gasteiger partial charge in [0, 0.05) is 11.8 Å². The van der Waals surface area contributed by atoms with Gasteiger partial charge in [0.25, 0.3) is 0 Å². The van der Waals surface area contributed by atoms with Gasteiger partial charge in [-0.15, -0.1) is 0 Å². The van der Waals surface area contributed by atoms with Crippen LogP contribution in [0, 0.1) is 0 Å². The molecule has 2 heterocycles. The second kappa shape index (κ2) is 3.29. The standard InChI is InChI=1S/C10H12N2O2/c1-6(2)7-3-4-11-9-8(7)5-14-10(13)12-9/h3-4,6H,5H2,1-2H3,(H,11,12,13). The minimum Gasteiger partial charge on any atom is -0.444 e. The predicted molar refractivity (Wildman–Crippen MR) is 52.1 cm³/mol. The second-order valence-electron chi connectivity index (χ2n) is 3.58. The van der Waals surface area contributed by atoms with Crippen LogP contribution in [0.5, 0.6) is 0 Å². The molecule has 4 nitrogen and oxygen atoms in total. The number of nitrogens with one attached hydrogen (secondary N) is 1. The molecule has 0 aromatic carbocycles. The summed E-state index contributed by atoms with van der Waals surface area (Å²) in [4.78, 5) is 15.0. The van der Waals surface area contributed by atoms with E-state index in [2.05, 4.69) is 24.1 Å². The van der Waals surface area contributed by atoms with E-state index in [1.54, 1.807) is 6.20 Å². The highest BCUT2D eigenvalue weighted by Crippen LogP contribution is 2.27. The first kappa shape index (κ1) is 8.99. The van der Waals surface area contributed by atoms with Crippen molar-refractivity contribution in [3.63, 3.8) is 0 Å². The molecular weight excluding hydrogens is 180 g/mol. The van der Waals surface area contributed by atoms with E-state index in [0.717, 1.165) is 5.56 Å². The third-order valence-corrected chi connectivity index (χ3v) is 2.28. The number of ether oxygens (including phenoxy) is 1. The van der Waals surface area contributed by atoms with Gasteiger partial charge in [0.05, 0.1) is 0 Å². The zero-order valence-electron chi connectivity index (χ0n) is 8.20. The average molecular weight is 192 g/mol. The highest BCUT2D eigenvalue weighted by atomic mass is 16.5. The van der Waals surface area contributed by atoms with Gasteiger partial charge in [-0.05, 0) is 17.5 Å². The third kappa shape index (κ3) is 1.43. The van der Waals surface area contributed by atoms with Crippen molar-refractivity contribution in [2.24, 2.45) is 0 Å². The Bertz CT molecular complexity index is 374. The van der Waals surface area contributed by atoms with Gasteiger partial charge >= 0.3 is 6.09 Å². The molecule has 0 aliphatic carbocycles. The lowest BCUT2D eigenvalue weighted by molar-refractivity contribution is 0.150. The van der Waals surface area contributed by atoms with Crippen LogP contribution >= 0.6 is 0 Å². The smallest absolute Gasteiger partial charge is 0.413 e. The van der Waals surface area contributed by atoms with Gasteiger partial charge in [-0.25, -0.2) is 9.78 Å². The van der Waals surface area contributed by atoms with E-state index in [1.165, 1.54) is 5.56 Å². The Balaban J connectivity index is 2.46. The van der Waals surface area contributed by atoms with Crippen molar-refractivity contribution in [2.75, 3.05) is 5.32 Å². The fourth-order valence-electron chi connectivity index (χ4n) is 1.58. The first-order chi connectivity index (χ1) is 6.68. The molecule has 0 saturated carbocycles. The second-order valence-corrected chi connectivity index (χ2v) is 3.58. The van der Waals surface area contributed by atoms with Crippen LogP contribution in [0.4, 0.5) is 10.6 Å². The van der Waals surface area contributed by atoms with E-state index in [1.807, 2.05) is 6.07 Å². The highest BCUT2D eigenvalue weighted by Gasteiger charge is 2.20. The molecule has 74 valence electrons. The molecule has 4 heteroatoms. The van der Waals surface area contributed by atoms with Crippen LogP contribution in [0.2, 0.25) is 0 Å². The molecule has 1 aromatic heterocycles. The van der Waals surface area contributed by atoms with Crippen LogP contribution in [0.3, 0.4) is 0 Å². The van der Waals surface area contributed by atoms with E-state index in [9.17, 15) is 4.79 Å². The van der Waals surface area contributed by atoms with Gasteiger partial charge in [0.2, 0.25) is 0 Å². The van der Waals surface area contributed by atoms with Gasteiger partial charge in [0.1, 0.15) is 12.4 Å². The van der Waals surface area contributed by atoms with Gasteiger partial charge < -0.3 is 4.74 Å². The van der Waals surface area contributed by atoms with Crippen molar-refractivity contribution in [2.45, 2.75) is 26.4 Å². The Morgan fingerprint density at radius 1 is 1.57 bits per heavy atom. The zero-order valence-corrected chi connectivity index (χ0v) is 8.20. The van der Waals surface area contributed by atoms with Crippen LogP contribution in [-0.2, 0) is 11.3 Å². The Morgan fingerprint density at radius 2 is 2.36 bits per heavy atom. The minimum absolute atomic E-state index is 0.322. The SMILES string of the molecule is CC(C)c1ccnc2c1COC(=O)N2. The molecule has 0 spiro atoms. The normalized spacial score (nSPS) is 14.6. The zero-order chi connectivity index (χ0) is 10.1. The molecule has 1 aliphatic rings. The number of carbonyl (C=O) groups excluding carboxylic acids is 1. The summed E-state index contributed by atoms with van der Waals surface area (Å²) in [5, 5.41) is 2.58. The average Bonchev–Trinajstić information content (AvgIpc) is 2.16. The number of hydrogen-bond acceptors (Lipinski definition) is 3. The summed E-state index contributed by atoms with van der Waals surface area (Å²) in [7, 11) is 0. The van der Waals surface area contributed by atoms with Crippen LogP contribution < -0.4 is 5.32 Å². The largest absolute Gasteiger partial charge is 0.444 e. The van der Waals surface area contributed by atoms with E-state index in [0.29, 0.717) is 18.3 Å². The lowest BCUT2D eigenvalue weighted by Crippen LogP contribution is -2.22. The topological polar surface area (TPSA) is 51.2 Å². The first-order valence-electron chi connectivity index (χ1n) is 4.60. The summed E-state index contributed by atoms with van der Waals surface area (Å²) in [5.41, 5.74) is 2.16. The summed E-state index contributed by atoms with van der Waals surface area (Å²) in [6.07, 6.45) is 1.28. The van der Waals surface area contributed by atoms with Crippen molar-refractivity contribution in [3.8, 4) is 0 Å². The molecule has 0 fully saturated rings. The summed E-state index contributed by atoms with van der Waals surface area (Å²) in [5.74, 6) is 1.04. The monoisotopic (exact) mass is 192 g/mol. The molecule has 2 rings (SSSR count). The van der Waals surface area contributed by atoms with Crippen LogP contribution in [0.25, 0.3) is 0 Å². The van der Waals surface area contributed by atoms with Gasteiger partial charge in [0.15, 0.2) is 0 Å². The summed E-state index contributed by atoms with van der Waals surface area (Å²) < 4.78 is 4.91. The molecule has 0 radical (unpaired) electrons. The number of hydrogen-bond donors (Lipinski definition) is 1. The van der Waals surface area contributed by atoms with Crippen LogP contribution in [0.1, 0.15) is 30.9 Å². The molecule has 0 atom stereocenters. The maximum Gasteiger partial charge on any atom is 0.413 e. The number of cyclic esters (lactones) is 1. The van der Waals surface area contributed by atoms with Gasteiger partial charge in [-0.3, -0.25) is 5.32 Å². The number of pyridine rings is 1. The Labute approximate surface area is 82.3 Å². The van der Waals surface area contributed by atoms with E-state index in [-0.39, 0.29) is 0 Å². The van der Waals surface area contributed by atoms with Crippen molar-refractivity contribution >= 4 is 11.9 Å². The van der Waals surface area contributed by atoms with Gasteiger partial charge in [-0.1, -0.05) is 13.8 Å². The number of anilines is 1. The molecule has 1 aliphatic heterocycles. The number of carbonyl (C=O) groups is 1. The quantitative estimate of drug-likeness (QED) is 0.742. The highest BCUT2D eigenvalue weighted by molar-refractivity contribution is 5.86. The summed E-state index contributed by atoms with van der Waals surface area (Å²) in [6.45, 7) is 4.53. The van der Waals surface area contributed by atoms with Crippen molar-refractivity contribution < 1.29 is 9.53 Å². The molecule has 1 N–H and O–H groups in total. The molecule has 0 unspecified atom stereocenters. The fourth-order valence-corrected chi connectivity index (χ4v) is 1.58. The molecule has 14 heavy (non-hydrogen) atoms. The summed E-state index contributed by atoms with van der Waals surface area (Å²) >= 11 is 0. The van der Waals surface area contributed by atoms with Crippen molar-refractivity contribution in [1.82, 2.24) is 4.98 Å².